The molecule has 1 heterocycles. The first kappa shape index (κ1) is 14.9. The van der Waals surface area contributed by atoms with Crippen LogP contribution in [0.5, 0.6) is 0 Å². The average Bonchev–Trinajstić information content (AvgIpc) is 2.88. The molecule has 0 saturated heterocycles. The third-order valence-electron chi connectivity index (χ3n) is 3.76. The number of rotatable bonds is 6. The van der Waals surface area contributed by atoms with E-state index in [1.807, 2.05) is 0 Å². The highest BCUT2D eigenvalue weighted by Gasteiger charge is 2.25. The lowest BCUT2D eigenvalue weighted by Gasteiger charge is -2.26. The third-order valence-corrected chi connectivity index (χ3v) is 4.79. The second-order valence-electron chi connectivity index (χ2n) is 5.18. The number of nitrogens with zero attached hydrogens (tertiary/aromatic N) is 1. The molecule has 0 spiro atoms. The molecule has 1 saturated carbocycles. The SMILES string of the molecule is O=C(O)C1CCC(CNCc2ccc([N+](=O)[O-])s2)CC1. The van der Waals surface area contributed by atoms with Gasteiger partial charge in [-0.15, -0.1) is 0 Å². The molecule has 0 radical (unpaired) electrons. The van der Waals surface area contributed by atoms with Crippen molar-refractivity contribution in [2.24, 2.45) is 11.8 Å². The molecule has 20 heavy (non-hydrogen) atoms. The van der Waals surface area contributed by atoms with E-state index in [1.54, 1.807) is 6.07 Å². The van der Waals surface area contributed by atoms with Gasteiger partial charge in [0.1, 0.15) is 0 Å². The van der Waals surface area contributed by atoms with Crippen molar-refractivity contribution in [2.75, 3.05) is 6.54 Å². The lowest BCUT2D eigenvalue weighted by Crippen LogP contribution is -2.28. The van der Waals surface area contributed by atoms with Gasteiger partial charge in [-0.25, -0.2) is 0 Å². The van der Waals surface area contributed by atoms with Crippen LogP contribution in [0.4, 0.5) is 5.00 Å². The molecule has 1 fully saturated rings. The zero-order valence-corrected chi connectivity index (χ0v) is 11.9. The van der Waals surface area contributed by atoms with E-state index in [0.717, 1.165) is 37.1 Å². The molecule has 7 heteroatoms. The number of aliphatic carboxylic acids is 1. The summed E-state index contributed by atoms with van der Waals surface area (Å²) in [5.41, 5.74) is 0. The standard InChI is InChI=1S/C13H18N2O4S/c16-13(17)10-3-1-9(2-4-10)7-14-8-11-5-6-12(20-11)15(18)19/h5-6,9-10,14H,1-4,7-8H2,(H,16,17). The normalized spacial score (nSPS) is 22.6. The highest BCUT2D eigenvalue weighted by atomic mass is 32.1. The molecule has 2 N–H and O–H groups in total. The minimum atomic E-state index is -0.678. The monoisotopic (exact) mass is 298 g/mol. The smallest absolute Gasteiger partial charge is 0.324 e. The van der Waals surface area contributed by atoms with Crippen molar-refractivity contribution < 1.29 is 14.8 Å². The number of carbonyl (C=O) groups is 1. The van der Waals surface area contributed by atoms with Crippen molar-refractivity contribution in [2.45, 2.75) is 32.2 Å². The minimum Gasteiger partial charge on any atom is -0.481 e. The predicted octanol–water partition coefficient (Wildman–Crippen LogP) is 2.64. The molecular formula is C13H18N2O4S. The molecule has 0 aliphatic heterocycles. The van der Waals surface area contributed by atoms with E-state index >= 15 is 0 Å². The van der Waals surface area contributed by atoms with E-state index in [4.69, 9.17) is 5.11 Å². The topological polar surface area (TPSA) is 92.5 Å². The van der Waals surface area contributed by atoms with Crippen molar-refractivity contribution >= 4 is 22.3 Å². The van der Waals surface area contributed by atoms with Crippen LogP contribution < -0.4 is 5.32 Å². The summed E-state index contributed by atoms with van der Waals surface area (Å²) in [7, 11) is 0. The number of nitrogens with one attached hydrogen (secondary N) is 1. The largest absolute Gasteiger partial charge is 0.481 e. The Hall–Kier alpha value is -1.47. The number of carboxylic acid groups (broad SMARTS) is 1. The second kappa shape index (κ2) is 6.81. The zero-order chi connectivity index (χ0) is 14.5. The van der Waals surface area contributed by atoms with Crippen LogP contribution in [0.25, 0.3) is 0 Å². The molecule has 110 valence electrons. The Morgan fingerprint density at radius 3 is 2.65 bits per heavy atom. The van der Waals surface area contributed by atoms with E-state index in [-0.39, 0.29) is 15.8 Å². The van der Waals surface area contributed by atoms with Gasteiger partial charge in [0.05, 0.1) is 10.8 Å². The van der Waals surface area contributed by atoms with Crippen LogP contribution >= 0.6 is 11.3 Å². The number of carboxylic acids is 1. The molecule has 1 aromatic heterocycles. The highest BCUT2D eigenvalue weighted by Crippen LogP contribution is 2.29. The van der Waals surface area contributed by atoms with Gasteiger partial charge in [0.15, 0.2) is 0 Å². The van der Waals surface area contributed by atoms with E-state index in [9.17, 15) is 14.9 Å². The molecule has 0 atom stereocenters. The summed E-state index contributed by atoms with van der Waals surface area (Å²) in [5.74, 6) is -0.339. The lowest BCUT2D eigenvalue weighted by atomic mass is 9.82. The van der Waals surface area contributed by atoms with E-state index in [0.29, 0.717) is 12.5 Å². The first-order valence-corrected chi connectivity index (χ1v) is 7.54. The van der Waals surface area contributed by atoms with Gasteiger partial charge in [0.2, 0.25) is 0 Å². The number of nitro groups is 1. The van der Waals surface area contributed by atoms with Gasteiger partial charge in [-0.3, -0.25) is 14.9 Å². The van der Waals surface area contributed by atoms with Crippen LogP contribution in [0.15, 0.2) is 12.1 Å². The molecule has 1 aromatic rings. The van der Waals surface area contributed by atoms with Crippen LogP contribution in [0.1, 0.15) is 30.6 Å². The molecule has 1 aliphatic carbocycles. The molecule has 0 bridgehead atoms. The molecular weight excluding hydrogens is 280 g/mol. The summed E-state index contributed by atoms with van der Waals surface area (Å²) in [6.45, 7) is 1.48. The Labute approximate surface area is 121 Å². The van der Waals surface area contributed by atoms with Crippen LogP contribution in [-0.2, 0) is 11.3 Å². The van der Waals surface area contributed by atoms with E-state index in [1.165, 1.54) is 17.4 Å². The van der Waals surface area contributed by atoms with Crippen LogP contribution in [0.3, 0.4) is 0 Å². The van der Waals surface area contributed by atoms with Crippen molar-refractivity contribution in [1.82, 2.24) is 5.32 Å². The summed E-state index contributed by atoms with van der Waals surface area (Å²) >= 11 is 1.19. The molecule has 0 unspecified atom stereocenters. The fourth-order valence-corrected chi connectivity index (χ4v) is 3.36. The summed E-state index contributed by atoms with van der Waals surface area (Å²) in [6, 6.07) is 3.30. The second-order valence-corrected chi connectivity index (χ2v) is 6.33. The van der Waals surface area contributed by atoms with Crippen LogP contribution in [-0.4, -0.2) is 22.5 Å². The maximum Gasteiger partial charge on any atom is 0.324 e. The van der Waals surface area contributed by atoms with Crippen molar-refractivity contribution in [1.29, 1.82) is 0 Å². The fraction of sp³-hybridized carbons (Fsp3) is 0.615. The summed E-state index contributed by atoms with van der Waals surface area (Å²) in [6.07, 6.45) is 3.39. The first-order valence-electron chi connectivity index (χ1n) is 6.73. The van der Waals surface area contributed by atoms with Crippen molar-refractivity contribution in [3.05, 3.63) is 27.1 Å². The minimum absolute atomic E-state index is 0.170. The van der Waals surface area contributed by atoms with E-state index in [2.05, 4.69) is 5.32 Å². The van der Waals surface area contributed by atoms with Gasteiger partial charge in [0.25, 0.3) is 0 Å². The molecule has 2 rings (SSSR count). The maximum atomic E-state index is 10.8. The Morgan fingerprint density at radius 2 is 2.10 bits per heavy atom. The molecule has 1 aliphatic rings. The molecule has 0 amide bonds. The lowest BCUT2D eigenvalue weighted by molar-refractivity contribution is -0.380. The number of thiophene rings is 1. The third kappa shape index (κ3) is 4.01. The van der Waals surface area contributed by atoms with Gasteiger partial charge in [-0.2, -0.15) is 0 Å². The first-order chi connectivity index (χ1) is 9.56. The van der Waals surface area contributed by atoms with E-state index < -0.39 is 5.97 Å². The molecule has 0 aromatic carbocycles. The van der Waals surface area contributed by atoms with Crippen molar-refractivity contribution in [3.63, 3.8) is 0 Å². The maximum absolute atomic E-state index is 10.8. The van der Waals surface area contributed by atoms with Gasteiger partial charge in [0, 0.05) is 17.5 Å². The highest BCUT2D eigenvalue weighted by molar-refractivity contribution is 7.15. The Morgan fingerprint density at radius 1 is 1.40 bits per heavy atom. The number of hydrogen-bond donors (Lipinski definition) is 2. The van der Waals surface area contributed by atoms with Gasteiger partial charge < -0.3 is 10.4 Å². The fourth-order valence-electron chi connectivity index (χ4n) is 2.57. The summed E-state index contributed by atoms with van der Waals surface area (Å²) in [4.78, 5) is 22.0. The van der Waals surface area contributed by atoms with Crippen molar-refractivity contribution in [3.8, 4) is 0 Å². The molecule has 6 nitrogen and oxygen atoms in total. The summed E-state index contributed by atoms with van der Waals surface area (Å²) in [5, 5.41) is 23.0. The Balaban J connectivity index is 1.68. The van der Waals surface area contributed by atoms with Crippen LogP contribution in [0, 0.1) is 22.0 Å². The summed E-state index contributed by atoms with van der Waals surface area (Å²) < 4.78 is 0. The average molecular weight is 298 g/mol. The predicted molar refractivity (Wildman–Crippen MR) is 75.8 cm³/mol. The van der Waals surface area contributed by atoms with Gasteiger partial charge >= 0.3 is 11.0 Å². The Bertz CT molecular complexity index is 480. The zero-order valence-electron chi connectivity index (χ0n) is 11.1. The number of hydrogen-bond acceptors (Lipinski definition) is 5. The quantitative estimate of drug-likeness (QED) is 0.622. The van der Waals surface area contributed by atoms with Gasteiger partial charge in [-0.05, 0) is 44.2 Å². The Kier molecular flexibility index (Phi) is 5.08. The van der Waals surface area contributed by atoms with Gasteiger partial charge in [-0.1, -0.05) is 11.3 Å². The van der Waals surface area contributed by atoms with Crippen LogP contribution in [0.2, 0.25) is 0 Å².